The van der Waals surface area contributed by atoms with Crippen LogP contribution in [0.3, 0.4) is 0 Å². The molecule has 3 nitrogen and oxygen atoms in total. The zero-order valence-corrected chi connectivity index (χ0v) is 12.2. The Balaban J connectivity index is 1.98. The van der Waals surface area contributed by atoms with E-state index in [-0.39, 0.29) is 5.56 Å². The van der Waals surface area contributed by atoms with Crippen molar-refractivity contribution in [3.05, 3.63) is 76.2 Å². The maximum atomic E-state index is 12.5. The van der Waals surface area contributed by atoms with Crippen molar-refractivity contribution in [2.24, 2.45) is 0 Å². The summed E-state index contributed by atoms with van der Waals surface area (Å²) in [6.45, 7) is 2.59. The van der Waals surface area contributed by atoms with Gasteiger partial charge in [-0.3, -0.25) is 4.79 Å². The fourth-order valence-electron chi connectivity index (χ4n) is 2.46. The van der Waals surface area contributed by atoms with Gasteiger partial charge in [0.1, 0.15) is 5.75 Å². The zero-order chi connectivity index (χ0) is 14.8. The molecule has 0 radical (unpaired) electrons. The third kappa shape index (κ3) is 2.68. The highest BCUT2D eigenvalue weighted by atomic mass is 16.5. The molecule has 0 aliphatic heterocycles. The molecule has 0 N–H and O–H groups in total. The third-order valence-corrected chi connectivity index (χ3v) is 3.64. The van der Waals surface area contributed by atoms with E-state index in [9.17, 15) is 4.79 Å². The Kier molecular flexibility index (Phi) is 3.48. The Morgan fingerprint density at radius 1 is 1.05 bits per heavy atom. The average molecular weight is 279 g/mol. The molecule has 1 aromatic heterocycles. The minimum Gasteiger partial charge on any atom is -0.497 e. The summed E-state index contributed by atoms with van der Waals surface area (Å²) in [5.74, 6) is 0.820. The molecule has 0 aliphatic rings. The van der Waals surface area contributed by atoms with E-state index in [1.165, 1.54) is 0 Å². The number of benzene rings is 2. The van der Waals surface area contributed by atoms with Crippen LogP contribution in [0.15, 0.2) is 59.5 Å². The maximum Gasteiger partial charge on any atom is 0.258 e. The van der Waals surface area contributed by atoms with Crippen LogP contribution in [0.5, 0.6) is 5.75 Å². The highest BCUT2D eigenvalue weighted by Gasteiger charge is 2.04. The average Bonchev–Trinajstić information content (AvgIpc) is 2.51. The molecule has 0 atom stereocenters. The third-order valence-electron chi connectivity index (χ3n) is 3.64. The number of pyridine rings is 1. The van der Waals surface area contributed by atoms with Gasteiger partial charge >= 0.3 is 0 Å². The van der Waals surface area contributed by atoms with Crippen molar-refractivity contribution in [1.82, 2.24) is 4.57 Å². The molecule has 1 heterocycles. The molecule has 0 aliphatic carbocycles. The molecule has 3 heteroatoms. The van der Waals surface area contributed by atoms with Crippen molar-refractivity contribution in [2.45, 2.75) is 13.5 Å². The lowest BCUT2D eigenvalue weighted by Gasteiger charge is -2.08. The van der Waals surface area contributed by atoms with Gasteiger partial charge in [0.05, 0.1) is 13.7 Å². The number of aryl methyl sites for hydroxylation is 1. The molecule has 21 heavy (non-hydrogen) atoms. The highest BCUT2D eigenvalue weighted by Crippen LogP contribution is 2.14. The summed E-state index contributed by atoms with van der Waals surface area (Å²) < 4.78 is 6.88. The Hall–Kier alpha value is -2.55. The van der Waals surface area contributed by atoms with E-state index in [0.717, 1.165) is 27.6 Å². The van der Waals surface area contributed by atoms with Gasteiger partial charge in [-0.1, -0.05) is 29.8 Å². The van der Waals surface area contributed by atoms with E-state index in [1.54, 1.807) is 11.7 Å². The van der Waals surface area contributed by atoms with E-state index in [1.807, 2.05) is 61.7 Å². The summed E-state index contributed by atoms with van der Waals surface area (Å²) in [7, 11) is 1.64. The quantitative estimate of drug-likeness (QED) is 0.736. The zero-order valence-electron chi connectivity index (χ0n) is 12.2. The van der Waals surface area contributed by atoms with Crippen molar-refractivity contribution in [3.63, 3.8) is 0 Å². The maximum absolute atomic E-state index is 12.5. The van der Waals surface area contributed by atoms with Crippen LogP contribution >= 0.6 is 0 Å². The van der Waals surface area contributed by atoms with Gasteiger partial charge in [0.15, 0.2) is 0 Å². The molecule has 0 unspecified atom stereocenters. The van der Waals surface area contributed by atoms with Gasteiger partial charge in [0, 0.05) is 11.6 Å². The minimum atomic E-state index is 0.0447. The monoisotopic (exact) mass is 279 g/mol. The Morgan fingerprint density at radius 2 is 1.81 bits per heavy atom. The fourth-order valence-corrected chi connectivity index (χ4v) is 2.46. The highest BCUT2D eigenvalue weighted by molar-refractivity contribution is 5.82. The summed E-state index contributed by atoms with van der Waals surface area (Å²) in [6.07, 6.45) is 1.86. The lowest BCUT2D eigenvalue weighted by molar-refractivity contribution is 0.414. The summed E-state index contributed by atoms with van der Waals surface area (Å²) in [5, 5.41) is 1.75. The van der Waals surface area contributed by atoms with Crippen LogP contribution < -0.4 is 10.3 Å². The van der Waals surface area contributed by atoms with Crippen LogP contribution in [0.1, 0.15) is 11.1 Å². The molecule has 3 aromatic rings. The molecule has 0 spiro atoms. The van der Waals surface area contributed by atoms with E-state index in [4.69, 9.17) is 4.74 Å². The lowest BCUT2D eigenvalue weighted by Crippen LogP contribution is -2.20. The summed E-state index contributed by atoms with van der Waals surface area (Å²) in [5.41, 5.74) is 2.28. The molecule has 0 fully saturated rings. The molecular weight excluding hydrogens is 262 g/mol. The van der Waals surface area contributed by atoms with E-state index in [0.29, 0.717) is 6.54 Å². The molecule has 0 saturated heterocycles. The van der Waals surface area contributed by atoms with Gasteiger partial charge in [0.25, 0.3) is 5.56 Å². The molecule has 0 saturated carbocycles. The van der Waals surface area contributed by atoms with Gasteiger partial charge in [-0.05, 0) is 42.1 Å². The molecule has 2 aromatic carbocycles. The SMILES string of the molecule is COc1ccc(Cn2ccc3cc(C)ccc3c2=O)cc1. The lowest BCUT2D eigenvalue weighted by atomic mass is 10.1. The van der Waals surface area contributed by atoms with Crippen molar-refractivity contribution in [2.75, 3.05) is 7.11 Å². The first kappa shape index (κ1) is 13.4. The van der Waals surface area contributed by atoms with Gasteiger partial charge < -0.3 is 9.30 Å². The van der Waals surface area contributed by atoms with Crippen LogP contribution in [-0.2, 0) is 6.54 Å². The molecular formula is C18H17NO2. The van der Waals surface area contributed by atoms with Gasteiger partial charge in [0.2, 0.25) is 0 Å². The van der Waals surface area contributed by atoms with E-state index >= 15 is 0 Å². The van der Waals surface area contributed by atoms with Crippen LogP contribution in [0.2, 0.25) is 0 Å². The first-order valence-electron chi connectivity index (χ1n) is 6.90. The van der Waals surface area contributed by atoms with Gasteiger partial charge in [-0.15, -0.1) is 0 Å². The second kappa shape index (κ2) is 5.44. The second-order valence-electron chi connectivity index (χ2n) is 5.19. The summed E-state index contributed by atoms with van der Waals surface area (Å²) in [4.78, 5) is 12.5. The topological polar surface area (TPSA) is 31.2 Å². The van der Waals surface area contributed by atoms with Crippen molar-refractivity contribution < 1.29 is 4.74 Å². The van der Waals surface area contributed by atoms with Crippen LogP contribution in [0, 0.1) is 6.92 Å². The number of aromatic nitrogens is 1. The molecule has 106 valence electrons. The van der Waals surface area contributed by atoms with Gasteiger partial charge in [-0.2, -0.15) is 0 Å². The van der Waals surface area contributed by atoms with Crippen LogP contribution in [0.25, 0.3) is 10.8 Å². The molecule has 0 amide bonds. The minimum absolute atomic E-state index is 0.0447. The number of rotatable bonds is 3. The first-order chi connectivity index (χ1) is 10.2. The van der Waals surface area contributed by atoms with Crippen molar-refractivity contribution in [1.29, 1.82) is 0 Å². The fraction of sp³-hybridized carbons (Fsp3) is 0.167. The van der Waals surface area contributed by atoms with Crippen LogP contribution in [-0.4, -0.2) is 11.7 Å². The number of hydrogen-bond donors (Lipinski definition) is 0. The molecule has 3 rings (SSSR count). The van der Waals surface area contributed by atoms with Crippen LogP contribution in [0.4, 0.5) is 0 Å². The Morgan fingerprint density at radius 3 is 2.52 bits per heavy atom. The van der Waals surface area contributed by atoms with E-state index < -0.39 is 0 Å². The van der Waals surface area contributed by atoms with Crippen molar-refractivity contribution >= 4 is 10.8 Å². The first-order valence-corrected chi connectivity index (χ1v) is 6.90. The van der Waals surface area contributed by atoms with Gasteiger partial charge in [-0.25, -0.2) is 0 Å². The molecule has 0 bridgehead atoms. The normalized spacial score (nSPS) is 10.8. The number of nitrogens with zero attached hydrogens (tertiary/aromatic N) is 1. The number of hydrogen-bond acceptors (Lipinski definition) is 2. The number of fused-ring (bicyclic) bond motifs is 1. The summed E-state index contributed by atoms with van der Waals surface area (Å²) >= 11 is 0. The number of methoxy groups -OCH3 is 1. The smallest absolute Gasteiger partial charge is 0.258 e. The standard InChI is InChI=1S/C18H17NO2/c1-13-3-8-17-15(11-13)9-10-19(18(17)20)12-14-4-6-16(21-2)7-5-14/h3-11H,12H2,1-2H3. The Labute approximate surface area is 123 Å². The predicted molar refractivity (Wildman–Crippen MR) is 85.0 cm³/mol. The Bertz CT molecular complexity index is 832. The van der Waals surface area contributed by atoms with Crippen molar-refractivity contribution in [3.8, 4) is 5.75 Å². The second-order valence-corrected chi connectivity index (χ2v) is 5.19. The summed E-state index contributed by atoms with van der Waals surface area (Å²) in [6, 6.07) is 15.7. The van der Waals surface area contributed by atoms with E-state index in [2.05, 4.69) is 0 Å². The largest absolute Gasteiger partial charge is 0.497 e. The number of ether oxygens (including phenoxy) is 1. The predicted octanol–water partition coefficient (Wildman–Crippen LogP) is 3.37.